The summed E-state index contributed by atoms with van der Waals surface area (Å²) in [5, 5.41) is 19.6. The van der Waals surface area contributed by atoms with Crippen LogP contribution in [0.15, 0.2) is 91.0 Å². The predicted octanol–water partition coefficient (Wildman–Crippen LogP) is 7.22. The lowest BCUT2D eigenvalue weighted by Crippen LogP contribution is -2.45. The van der Waals surface area contributed by atoms with E-state index in [2.05, 4.69) is 91.0 Å². The third-order valence-corrected chi connectivity index (χ3v) is 7.57. The van der Waals surface area contributed by atoms with Crippen LogP contribution in [-0.4, -0.2) is 36.5 Å². The second-order valence-electron chi connectivity index (χ2n) is 9.96. The van der Waals surface area contributed by atoms with E-state index in [1.807, 2.05) is 0 Å². The number of aliphatic hydroxyl groups is 2. The van der Waals surface area contributed by atoms with Crippen LogP contribution in [0.5, 0.6) is 0 Å². The fourth-order valence-corrected chi connectivity index (χ4v) is 5.47. The highest BCUT2D eigenvalue weighted by atomic mass is 16.8. The Kier molecular flexibility index (Phi) is 11.8. The number of hydrogen-bond donors (Lipinski definition) is 2. The van der Waals surface area contributed by atoms with Crippen LogP contribution in [0.2, 0.25) is 0 Å². The third kappa shape index (κ3) is 7.99. The van der Waals surface area contributed by atoms with E-state index >= 15 is 0 Å². The van der Waals surface area contributed by atoms with E-state index in [-0.39, 0.29) is 5.41 Å². The zero-order valence-corrected chi connectivity index (χ0v) is 22.5. The van der Waals surface area contributed by atoms with Crippen LogP contribution in [0.25, 0.3) is 0 Å². The van der Waals surface area contributed by atoms with E-state index in [1.54, 1.807) is 0 Å². The van der Waals surface area contributed by atoms with Gasteiger partial charge in [-0.15, -0.1) is 0 Å². The molecule has 0 bridgehead atoms. The molecule has 0 fully saturated rings. The summed E-state index contributed by atoms with van der Waals surface area (Å²) in [7, 11) is 2.75. The Bertz CT molecular complexity index is 892. The summed E-state index contributed by atoms with van der Waals surface area (Å²) in [6.45, 7) is 0. The van der Waals surface area contributed by atoms with Gasteiger partial charge in [0.15, 0.2) is 0 Å². The smallest absolute Gasteiger partial charge is 0.305 e. The minimum absolute atomic E-state index is 0.154. The van der Waals surface area contributed by atoms with Gasteiger partial charge in [0.05, 0.1) is 0 Å². The molecule has 0 aliphatic rings. The summed E-state index contributed by atoms with van der Waals surface area (Å²) in [5.74, 6) is -2.22. The quantitative estimate of drug-likeness (QED) is 0.116. The maximum absolute atomic E-state index is 9.79. The summed E-state index contributed by atoms with van der Waals surface area (Å²) in [6, 6.07) is 32.9. The van der Waals surface area contributed by atoms with Crippen molar-refractivity contribution in [1.29, 1.82) is 0 Å². The molecule has 1 atom stereocenters. The summed E-state index contributed by atoms with van der Waals surface area (Å²) in [4.78, 5) is 0. The Morgan fingerprint density at radius 1 is 0.568 bits per heavy atom. The van der Waals surface area contributed by atoms with Crippen molar-refractivity contribution >= 4 is 0 Å². The second-order valence-corrected chi connectivity index (χ2v) is 9.96. The molecular formula is C33H44O4. The lowest BCUT2D eigenvalue weighted by molar-refractivity contribution is -0.370. The van der Waals surface area contributed by atoms with Gasteiger partial charge >= 0.3 is 5.97 Å². The van der Waals surface area contributed by atoms with E-state index in [1.165, 1.54) is 63.0 Å². The molecule has 0 spiro atoms. The summed E-state index contributed by atoms with van der Waals surface area (Å²) in [6.07, 6.45) is 10.0. The van der Waals surface area contributed by atoms with Gasteiger partial charge in [-0.3, -0.25) is 0 Å². The minimum Gasteiger partial charge on any atom is -0.373 e. The van der Waals surface area contributed by atoms with E-state index < -0.39 is 12.1 Å². The van der Waals surface area contributed by atoms with Gasteiger partial charge in [0, 0.05) is 19.6 Å². The highest BCUT2D eigenvalue weighted by molar-refractivity contribution is 5.50. The van der Waals surface area contributed by atoms with E-state index in [0.29, 0.717) is 6.42 Å². The largest absolute Gasteiger partial charge is 0.373 e. The molecular weight excluding hydrogens is 460 g/mol. The second kappa shape index (κ2) is 15.0. The number of ether oxygens (including phenoxy) is 2. The number of unbranched alkanes of at least 4 members (excludes halogenated alkanes) is 7. The molecule has 0 aromatic heterocycles. The van der Waals surface area contributed by atoms with E-state index in [4.69, 9.17) is 9.47 Å². The Balaban J connectivity index is 1.52. The topological polar surface area (TPSA) is 58.9 Å². The third-order valence-electron chi connectivity index (χ3n) is 7.57. The molecule has 37 heavy (non-hydrogen) atoms. The van der Waals surface area contributed by atoms with Crippen molar-refractivity contribution in [3.63, 3.8) is 0 Å². The lowest BCUT2D eigenvalue weighted by Gasteiger charge is -2.36. The summed E-state index contributed by atoms with van der Waals surface area (Å²) < 4.78 is 9.89. The molecule has 0 aliphatic carbocycles. The Morgan fingerprint density at radius 2 is 0.946 bits per heavy atom. The maximum Gasteiger partial charge on any atom is 0.305 e. The fourth-order valence-electron chi connectivity index (χ4n) is 5.47. The van der Waals surface area contributed by atoms with Crippen LogP contribution in [0.4, 0.5) is 0 Å². The van der Waals surface area contributed by atoms with Gasteiger partial charge in [-0.05, 0) is 29.5 Å². The SMILES string of the molecule is COC(CCCCCCCCCCC(c1ccccc1)(c1ccccc1)c1ccccc1)C(O)(O)OC. The van der Waals surface area contributed by atoms with Crippen LogP contribution in [0.3, 0.4) is 0 Å². The Labute approximate surface area is 223 Å². The molecule has 0 aliphatic heterocycles. The van der Waals surface area contributed by atoms with Crippen LogP contribution >= 0.6 is 0 Å². The molecule has 0 heterocycles. The van der Waals surface area contributed by atoms with Crippen molar-refractivity contribution in [1.82, 2.24) is 0 Å². The number of hydrogen-bond acceptors (Lipinski definition) is 4. The Morgan fingerprint density at radius 3 is 1.32 bits per heavy atom. The van der Waals surface area contributed by atoms with Crippen LogP contribution in [0.1, 0.15) is 80.9 Å². The molecule has 4 heteroatoms. The fraction of sp³-hybridized carbons (Fsp3) is 0.455. The van der Waals surface area contributed by atoms with Crippen molar-refractivity contribution in [3.05, 3.63) is 108 Å². The molecule has 1 unspecified atom stereocenters. The minimum atomic E-state index is -2.22. The lowest BCUT2D eigenvalue weighted by atomic mass is 9.66. The molecule has 0 saturated heterocycles. The van der Waals surface area contributed by atoms with E-state index in [0.717, 1.165) is 25.7 Å². The van der Waals surface area contributed by atoms with Crippen molar-refractivity contribution in [3.8, 4) is 0 Å². The summed E-state index contributed by atoms with van der Waals surface area (Å²) in [5.41, 5.74) is 3.90. The number of rotatable bonds is 17. The molecule has 0 amide bonds. The van der Waals surface area contributed by atoms with Crippen molar-refractivity contribution in [2.24, 2.45) is 0 Å². The highest BCUT2D eigenvalue weighted by Gasteiger charge is 2.36. The normalized spacial score (nSPS) is 13.0. The molecule has 3 aromatic carbocycles. The van der Waals surface area contributed by atoms with E-state index in [9.17, 15) is 10.2 Å². The van der Waals surface area contributed by atoms with Crippen LogP contribution < -0.4 is 0 Å². The standard InChI is InChI=1S/C33H44O4/c1-36-31(33(34,35)37-2)26-18-7-5-3-4-6-8-19-27-32(28-20-12-9-13-21-28,29-22-14-10-15-23-29)30-24-16-11-17-25-30/h9-17,20-25,31,34-35H,3-8,18-19,26-27H2,1-2H3. The van der Waals surface area contributed by atoms with Gasteiger partial charge in [0.1, 0.15) is 6.10 Å². The first kappa shape index (κ1) is 29.1. The van der Waals surface area contributed by atoms with Gasteiger partial charge < -0.3 is 19.7 Å². The molecule has 4 nitrogen and oxygen atoms in total. The van der Waals surface area contributed by atoms with Gasteiger partial charge in [-0.2, -0.15) is 0 Å². The molecule has 0 saturated carbocycles. The molecule has 2 N–H and O–H groups in total. The van der Waals surface area contributed by atoms with Crippen molar-refractivity contribution in [2.75, 3.05) is 14.2 Å². The zero-order chi connectivity index (χ0) is 26.4. The zero-order valence-electron chi connectivity index (χ0n) is 22.5. The first-order chi connectivity index (χ1) is 18.0. The molecule has 200 valence electrons. The van der Waals surface area contributed by atoms with Gasteiger partial charge in [-0.25, -0.2) is 0 Å². The van der Waals surface area contributed by atoms with Crippen molar-refractivity contribution in [2.45, 2.75) is 81.7 Å². The number of benzene rings is 3. The Hall–Kier alpha value is -2.50. The molecule has 0 radical (unpaired) electrons. The maximum atomic E-state index is 9.79. The monoisotopic (exact) mass is 504 g/mol. The van der Waals surface area contributed by atoms with Gasteiger partial charge in [-0.1, -0.05) is 142 Å². The summed E-state index contributed by atoms with van der Waals surface area (Å²) >= 11 is 0. The van der Waals surface area contributed by atoms with Crippen LogP contribution in [-0.2, 0) is 14.9 Å². The average Bonchev–Trinajstić information content (AvgIpc) is 2.95. The highest BCUT2D eigenvalue weighted by Crippen LogP contribution is 2.43. The first-order valence-electron chi connectivity index (χ1n) is 13.7. The predicted molar refractivity (Wildman–Crippen MR) is 150 cm³/mol. The van der Waals surface area contributed by atoms with Gasteiger partial charge in [0.25, 0.3) is 0 Å². The first-order valence-corrected chi connectivity index (χ1v) is 13.7. The van der Waals surface area contributed by atoms with Gasteiger partial charge in [0.2, 0.25) is 0 Å². The number of methoxy groups -OCH3 is 2. The van der Waals surface area contributed by atoms with Crippen molar-refractivity contribution < 1.29 is 19.7 Å². The van der Waals surface area contributed by atoms with Crippen LogP contribution in [0, 0.1) is 0 Å². The average molecular weight is 505 g/mol. The molecule has 3 rings (SSSR count). The molecule has 3 aromatic rings.